The molecule has 1 saturated heterocycles. The van der Waals surface area contributed by atoms with E-state index in [0.29, 0.717) is 59.7 Å². The molecule has 0 unspecified atom stereocenters. The van der Waals surface area contributed by atoms with E-state index in [0.717, 1.165) is 37.1 Å². The van der Waals surface area contributed by atoms with Crippen LogP contribution in [-0.2, 0) is 23.4 Å². The predicted octanol–water partition coefficient (Wildman–Crippen LogP) is 4.46. The Morgan fingerprint density at radius 1 is 0.982 bits per heavy atom. The van der Waals surface area contributed by atoms with Gasteiger partial charge in [0.1, 0.15) is 11.5 Å². The number of nitrogens with one attached hydrogen (secondary N) is 3. The number of phenols is 1. The number of amides is 1. The third kappa shape index (κ3) is 9.41. The molecule has 7 N–H and O–H groups in total. The van der Waals surface area contributed by atoms with Crippen molar-refractivity contribution in [2.45, 2.75) is 43.9 Å². The Balaban J connectivity index is 0.969. The van der Waals surface area contributed by atoms with Gasteiger partial charge in [0.05, 0.1) is 18.2 Å². The number of hydrogen-bond donors (Lipinski definition) is 7. The molecule has 12 nitrogen and oxygen atoms in total. The second-order valence-corrected chi connectivity index (χ2v) is 14.2. The van der Waals surface area contributed by atoms with E-state index in [1.54, 1.807) is 60.7 Å². The molecule has 1 fully saturated rings. The maximum absolute atomic E-state index is 12.8. The number of ether oxygens (including phenoxy) is 1. The van der Waals surface area contributed by atoms with E-state index < -0.39 is 17.7 Å². The summed E-state index contributed by atoms with van der Waals surface area (Å²) < 4.78 is 5.93. The van der Waals surface area contributed by atoms with Crippen molar-refractivity contribution in [3.05, 3.63) is 141 Å². The van der Waals surface area contributed by atoms with E-state index in [9.17, 15) is 34.8 Å². The molecular formula is C43H48N4O8. The number of carboxylic acid groups (broad SMARTS) is 1. The number of pyridine rings is 1. The largest absolute Gasteiger partial charge is 0.506 e. The molecule has 1 aliphatic heterocycles. The van der Waals surface area contributed by atoms with E-state index in [1.807, 2.05) is 24.3 Å². The average Bonchev–Trinajstić information content (AvgIpc) is 3.19. The van der Waals surface area contributed by atoms with Gasteiger partial charge in [0.25, 0.3) is 5.91 Å². The van der Waals surface area contributed by atoms with E-state index in [1.165, 1.54) is 12.1 Å². The highest BCUT2D eigenvalue weighted by Crippen LogP contribution is 2.36. The van der Waals surface area contributed by atoms with Gasteiger partial charge < -0.3 is 45.7 Å². The van der Waals surface area contributed by atoms with Crippen molar-refractivity contribution < 1.29 is 34.8 Å². The topological polar surface area (TPSA) is 184 Å². The van der Waals surface area contributed by atoms with Gasteiger partial charge in [-0.15, -0.1) is 0 Å². The third-order valence-electron chi connectivity index (χ3n) is 10.3. The Morgan fingerprint density at radius 3 is 2.51 bits per heavy atom. The predicted molar refractivity (Wildman–Crippen MR) is 209 cm³/mol. The lowest BCUT2D eigenvalue weighted by molar-refractivity contribution is -0.155. The fourth-order valence-electron chi connectivity index (χ4n) is 7.19. The number of nitrogens with zero attached hydrogens (tertiary/aromatic N) is 1. The van der Waals surface area contributed by atoms with Crippen LogP contribution in [0.25, 0.3) is 10.9 Å². The quantitative estimate of drug-likeness (QED) is 0.0712. The molecule has 0 aliphatic carbocycles. The van der Waals surface area contributed by atoms with Gasteiger partial charge in [0.15, 0.2) is 0 Å². The number of aromatic hydroxyl groups is 1. The monoisotopic (exact) mass is 748 g/mol. The van der Waals surface area contributed by atoms with Gasteiger partial charge in [0, 0.05) is 47.8 Å². The molecule has 0 bridgehead atoms. The molecule has 12 heteroatoms. The van der Waals surface area contributed by atoms with Crippen LogP contribution in [0.1, 0.15) is 63.5 Å². The molecule has 1 amide bonds. The highest BCUT2D eigenvalue weighted by Gasteiger charge is 2.42. The van der Waals surface area contributed by atoms with Crippen LogP contribution in [0.15, 0.2) is 102 Å². The fraction of sp³-hybridized carbons (Fsp3) is 0.326. The number of benzene rings is 4. The number of likely N-dealkylation sites (tertiary alicyclic amines) is 1. The molecule has 55 heavy (non-hydrogen) atoms. The summed E-state index contributed by atoms with van der Waals surface area (Å²) in [7, 11) is 2.10. The maximum Gasteiger partial charge on any atom is 0.345 e. The first-order valence-corrected chi connectivity index (χ1v) is 18.6. The van der Waals surface area contributed by atoms with Crippen molar-refractivity contribution in [2.75, 3.05) is 39.8 Å². The number of fused-ring (bicyclic) bond motifs is 1. The molecule has 2 heterocycles. The van der Waals surface area contributed by atoms with Crippen molar-refractivity contribution in [1.29, 1.82) is 0 Å². The highest BCUT2D eigenvalue weighted by atomic mass is 16.5. The van der Waals surface area contributed by atoms with E-state index in [-0.39, 0.29) is 41.4 Å². The molecule has 0 spiro atoms. The lowest BCUT2D eigenvalue weighted by atomic mass is 9.80. The van der Waals surface area contributed by atoms with Crippen molar-refractivity contribution in [2.24, 2.45) is 5.92 Å². The molecule has 4 aromatic carbocycles. The fourth-order valence-corrected chi connectivity index (χ4v) is 7.19. The van der Waals surface area contributed by atoms with Crippen LogP contribution in [0, 0.1) is 5.92 Å². The Kier molecular flexibility index (Phi) is 12.6. The van der Waals surface area contributed by atoms with Crippen LogP contribution in [0.4, 0.5) is 0 Å². The van der Waals surface area contributed by atoms with Crippen LogP contribution in [0.5, 0.6) is 11.5 Å². The SMILES string of the molecule is CN1CCC(Cc2ccccc2[C@](O)(C(=O)O)c2cccc(OCCCNC(=O)c3ccc(CNC[C@H](O)c4ccc(O)c5[nH]c(=O)ccc45)cc3)c2)CC1. The lowest BCUT2D eigenvalue weighted by Gasteiger charge is -2.31. The molecule has 0 saturated carbocycles. The number of carbonyl (C=O) groups excluding carboxylic acids is 1. The van der Waals surface area contributed by atoms with Gasteiger partial charge in [-0.2, -0.15) is 0 Å². The zero-order valence-corrected chi connectivity index (χ0v) is 30.8. The normalized spacial score (nSPS) is 15.3. The van der Waals surface area contributed by atoms with Crippen molar-refractivity contribution in [3.8, 4) is 11.5 Å². The first-order valence-electron chi connectivity index (χ1n) is 18.6. The summed E-state index contributed by atoms with van der Waals surface area (Å²) in [6.07, 6.45) is 2.34. The Morgan fingerprint density at radius 2 is 1.75 bits per heavy atom. The molecule has 1 aliphatic rings. The number of hydrogen-bond acceptors (Lipinski definition) is 9. The van der Waals surface area contributed by atoms with Gasteiger partial charge in [-0.1, -0.05) is 54.6 Å². The number of phenolic OH excluding ortho intramolecular Hbond substituents is 1. The molecular weight excluding hydrogens is 700 g/mol. The van der Waals surface area contributed by atoms with Gasteiger partial charge in [-0.3, -0.25) is 9.59 Å². The van der Waals surface area contributed by atoms with Crippen molar-refractivity contribution in [3.63, 3.8) is 0 Å². The summed E-state index contributed by atoms with van der Waals surface area (Å²) in [4.78, 5) is 42.1. The minimum absolute atomic E-state index is 0.0698. The van der Waals surface area contributed by atoms with Gasteiger partial charge in [0.2, 0.25) is 11.2 Å². The molecule has 288 valence electrons. The maximum atomic E-state index is 12.8. The Labute approximate surface area is 319 Å². The van der Waals surface area contributed by atoms with Gasteiger partial charge in [-0.25, -0.2) is 4.79 Å². The number of aromatic amines is 1. The zero-order valence-electron chi connectivity index (χ0n) is 30.8. The minimum atomic E-state index is -2.26. The van der Waals surface area contributed by atoms with Gasteiger partial charge in [-0.05, 0) is 105 Å². The standard InChI is InChI=1S/C43H48N4O8/c1-47-21-18-28(19-22-47)24-31-6-2-3-9-36(31)43(54,42(52)53)32-7-4-8-33(25-32)55-23-5-20-45-41(51)30-12-10-29(11-13-30)26-44-27-38(49)34-14-16-37(48)40-35(34)15-17-39(50)46-40/h2-4,6-17,25,28,38,44,48-49,54H,5,18-24,26-27H2,1H3,(H,45,51)(H,46,50)(H,52,53)/t38-,43-/m0/s1. The molecule has 5 aromatic rings. The van der Waals surface area contributed by atoms with Crippen LogP contribution in [0.2, 0.25) is 0 Å². The number of piperidine rings is 1. The number of aliphatic hydroxyl groups is 2. The van der Waals surface area contributed by atoms with Gasteiger partial charge >= 0.3 is 5.97 Å². The summed E-state index contributed by atoms with van der Waals surface area (Å²) >= 11 is 0. The second kappa shape index (κ2) is 17.7. The number of carboxylic acids is 1. The van der Waals surface area contributed by atoms with Crippen molar-refractivity contribution in [1.82, 2.24) is 20.5 Å². The van der Waals surface area contributed by atoms with Crippen LogP contribution >= 0.6 is 0 Å². The second-order valence-electron chi connectivity index (χ2n) is 14.2. The first kappa shape index (κ1) is 39.2. The molecule has 2 atom stereocenters. The summed E-state index contributed by atoms with van der Waals surface area (Å²) in [5.41, 5.74) is 1.05. The molecule has 6 rings (SSSR count). The van der Waals surface area contributed by atoms with E-state index in [4.69, 9.17) is 4.74 Å². The number of aromatic nitrogens is 1. The minimum Gasteiger partial charge on any atom is -0.506 e. The third-order valence-corrected chi connectivity index (χ3v) is 10.3. The Hall–Kier alpha value is -5.53. The molecule has 0 radical (unpaired) electrons. The summed E-state index contributed by atoms with van der Waals surface area (Å²) in [6.45, 7) is 3.27. The molecule has 1 aromatic heterocycles. The van der Waals surface area contributed by atoms with Crippen LogP contribution in [-0.4, -0.2) is 82.0 Å². The van der Waals surface area contributed by atoms with E-state index in [2.05, 4.69) is 27.6 Å². The highest BCUT2D eigenvalue weighted by molar-refractivity contribution is 5.94. The number of rotatable bonds is 16. The zero-order chi connectivity index (χ0) is 39.0. The lowest BCUT2D eigenvalue weighted by Crippen LogP contribution is -2.38. The first-order chi connectivity index (χ1) is 26.5. The summed E-state index contributed by atoms with van der Waals surface area (Å²) in [5.74, 6) is -0.831. The average molecular weight is 749 g/mol. The smallest absolute Gasteiger partial charge is 0.345 e. The van der Waals surface area contributed by atoms with E-state index >= 15 is 0 Å². The number of aliphatic hydroxyl groups excluding tert-OH is 1. The van der Waals surface area contributed by atoms with Crippen LogP contribution < -0.4 is 20.9 Å². The van der Waals surface area contributed by atoms with Crippen LogP contribution in [0.3, 0.4) is 0 Å². The number of carbonyl (C=O) groups is 2. The Bertz CT molecular complexity index is 2160. The summed E-state index contributed by atoms with van der Waals surface area (Å²) in [5, 5.41) is 49.7. The van der Waals surface area contributed by atoms with Crippen molar-refractivity contribution >= 4 is 22.8 Å². The number of H-pyrrole nitrogens is 1. The number of aliphatic carboxylic acids is 1. The summed E-state index contributed by atoms with van der Waals surface area (Å²) in [6, 6.07) is 26.9.